The number of nitrogens with one attached hydrogen (secondary N) is 1. The van der Waals surface area contributed by atoms with Gasteiger partial charge in [-0.05, 0) is 49.2 Å². The molecule has 0 saturated heterocycles. The molecule has 1 aliphatic heterocycles. The van der Waals surface area contributed by atoms with E-state index in [1.807, 2.05) is 24.3 Å². The van der Waals surface area contributed by atoms with Gasteiger partial charge in [0.25, 0.3) is 0 Å². The minimum Gasteiger partial charge on any atom is -0.493 e. The smallest absolute Gasteiger partial charge is 0.128 e. The lowest BCUT2D eigenvalue weighted by Crippen LogP contribution is -2.00. The van der Waals surface area contributed by atoms with Crippen molar-refractivity contribution < 1.29 is 4.74 Å². The van der Waals surface area contributed by atoms with Crippen molar-refractivity contribution in [3.8, 4) is 28.3 Å². The molecule has 0 amide bonds. The highest BCUT2D eigenvalue weighted by atomic mass is 35.5. The van der Waals surface area contributed by atoms with Gasteiger partial charge in [-0.25, -0.2) is 0 Å². The van der Waals surface area contributed by atoms with Crippen molar-refractivity contribution in [2.75, 3.05) is 6.61 Å². The molecule has 0 aliphatic carbocycles. The number of benzene rings is 2. The van der Waals surface area contributed by atoms with Gasteiger partial charge in [-0.3, -0.25) is 5.10 Å². The molecule has 3 nitrogen and oxygen atoms in total. The monoisotopic (exact) mass is 324 g/mol. The van der Waals surface area contributed by atoms with Crippen LogP contribution in [0.3, 0.4) is 0 Å². The fourth-order valence-corrected chi connectivity index (χ4v) is 3.17. The molecule has 0 fully saturated rings. The van der Waals surface area contributed by atoms with Crippen molar-refractivity contribution in [1.29, 1.82) is 0 Å². The predicted octanol–water partition coefficient (Wildman–Crippen LogP) is 4.95. The fraction of sp³-hybridized carbons (Fsp3) is 0.211. The zero-order valence-corrected chi connectivity index (χ0v) is 13.9. The van der Waals surface area contributed by atoms with E-state index in [1.54, 1.807) is 0 Å². The summed E-state index contributed by atoms with van der Waals surface area (Å²) in [6, 6.07) is 12.1. The summed E-state index contributed by atoms with van der Waals surface area (Å²) in [6.07, 6.45) is 0.830. The summed E-state index contributed by atoms with van der Waals surface area (Å²) in [6.45, 7) is 4.89. The van der Waals surface area contributed by atoms with Crippen LogP contribution in [0.4, 0.5) is 0 Å². The van der Waals surface area contributed by atoms with Gasteiger partial charge in [0.05, 0.1) is 18.0 Å². The number of hydrogen-bond acceptors (Lipinski definition) is 2. The molecule has 0 saturated carbocycles. The van der Waals surface area contributed by atoms with Crippen LogP contribution in [0.1, 0.15) is 16.7 Å². The largest absolute Gasteiger partial charge is 0.493 e. The number of hydrogen-bond donors (Lipinski definition) is 1. The summed E-state index contributed by atoms with van der Waals surface area (Å²) in [4.78, 5) is 0. The summed E-state index contributed by atoms with van der Waals surface area (Å²) in [5.74, 6) is 0.929. The van der Waals surface area contributed by atoms with Crippen LogP contribution in [-0.2, 0) is 6.42 Å². The highest BCUT2D eigenvalue weighted by Crippen LogP contribution is 2.39. The van der Waals surface area contributed by atoms with Gasteiger partial charge in [0.1, 0.15) is 5.75 Å². The van der Waals surface area contributed by atoms with E-state index in [-0.39, 0.29) is 0 Å². The van der Waals surface area contributed by atoms with E-state index < -0.39 is 0 Å². The predicted molar refractivity (Wildman–Crippen MR) is 93.1 cm³/mol. The van der Waals surface area contributed by atoms with Crippen molar-refractivity contribution in [2.45, 2.75) is 20.3 Å². The van der Waals surface area contributed by atoms with Crippen LogP contribution in [0, 0.1) is 13.8 Å². The molecule has 0 radical (unpaired) electrons. The Morgan fingerprint density at radius 2 is 1.83 bits per heavy atom. The molecule has 0 unspecified atom stereocenters. The van der Waals surface area contributed by atoms with Crippen LogP contribution in [0.5, 0.6) is 5.75 Å². The van der Waals surface area contributed by atoms with Crippen LogP contribution < -0.4 is 4.74 Å². The number of rotatable bonds is 1. The second-order valence-corrected chi connectivity index (χ2v) is 6.40. The van der Waals surface area contributed by atoms with Crippen LogP contribution in [0.15, 0.2) is 36.4 Å². The molecule has 1 N–H and O–H groups in total. The third-order valence-electron chi connectivity index (χ3n) is 4.46. The van der Waals surface area contributed by atoms with Crippen LogP contribution in [0.2, 0.25) is 5.02 Å². The number of ether oxygens (including phenoxy) is 1. The van der Waals surface area contributed by atoms with E-state index in [4.69, 9.17) is 16.3 Å². The quantitative estimate of drug-likeness (QED) is 0.687. The lowest BCUT2D eigenvalue weighted by molar-refractivity contribution is 0.326. The molecule has 116 valence electrons. The Balaban J connectivity index is 1.89. The van der Waals surface area contributed by atoms with Crippen molar-refractivity contribution in [2.24, 2.45) is 0 Å². The number of aromatic amines is 1. The number of aryl methyl sites for hydroxylation is 2. The van der Waals surface area contributed by atoms with Gasteiger partial charge in [0.15, 0.2) is 0 Å². The Labute approximate surface area is 140 Å². The van der Waals surface area contributed by atoms with E-state index in [9.17, 15) is 0 Å². The fourth-order valence-electron chi connectivity index (χ4n) is 3.05. The Morgan fingerprint density at radius 1 is 1.09 bits per heavy atom. The standard InChI is InChI=1S/C19H17ClN2O/c1-11-9-16-17(10-12(11)2)23-8-7-15-18(21-22-19(15)16)13-3-5-14(20)6-4-13/h3-6,9-10H,7-8H2,1-2H3,(H,21,22). The zero-order chi connectivity index (χ0) is 16.0. The maximum absolute atomic E-state index is 5.99. The summed E-state index contributed by atoms with van der Waals surface area (Å²) < 4.78 is 5.97. The second-order valence-electron chi connectivity index (χ2n) is 5.96. The average molecular weight is 325 g/mol. The first kappa shape index (κ1) is 14.3. The average Bonchev–Trinajstić information content (AvgIpc) is 2.87. The van der Waals surface area contributed by atoms with E-state index in [2.05, 4.69) is 36.2 Å². The SMILES string of the molecule is Cc1cc2c(cc1C)-c1[nH]nc(-c3ccc(Cl)cc3)c1CCO2. The number of nitrogens with zero attached hydrogens (tertiary/aromatic N) is 1. The molecule has 0 atom stereocenters. The van der Waals surface area contributed by atoms with Gasteiger partial charge in [-0.1, -0.05) is 23.7 Å². The number of H-pyrrole nitrogens is 1. The van der Waals surface area contributed by atoms with Gasteiger partial charge in [0.2, 0.25) is 0 Å². The first-order chi connectivity index (χ1) is 11.1. The number of aromatic nitrogens is 2. The third-order valence-corrected chi connectivity index (χ3v) is 4.71. The molecule has 23 heavy (non-hydrogen) atoms. The van der Waals surface area contributed by atoms with E-state index in [0.717, 1.165) is 39.7 Å². The number of fused-ring (bicyclic) bond motifs is 3. The second kappa shape index (κ2) is 5.43. The molecular formula is C19H17ClN2O. The molecule has 3 aromatic rings. The lowest BCUT2D eigenvalue weighted by atomic mass is 9.98. The third kappa shape index (κ3) is 2.41. The highest BCUT2D eigenvalue weighted by Gasteiger charge is 2.22. The Hall–Kier alpha value is -2.26. The number of halogens is 1. The van der Waals surface area contributed by atoms with Crippen molar-refractivity contribution in [3.63, 3.8) is 0 Å². The minimum atomic E-state index is 0.655. The van der Waals surface area contributed by atoms with Gasteiger partial charge >= 0.3 is 0 Å². The zero-order valence-electron chi connectivity index (χ0n) is 13.1. The Kier molecular flexibility index (Phi) is 3.38. The van der Waals surface area contributed by atoms with Crippen molar-refractivity contribution >= 4 is 11.6 Å². The Bertz CT molecular complexity index is 881. The van der Waals surface area contributed by atoms with E-state index in [0.29, 0.717) is 6.61 Å². The van der Waals surface area contributed by atoms with Crippen LogP contribution in [0.25, 0.3) is 22.5 Å². The topological polar surface area (TPSA) is 37.9 Å². The van der Waals surface area contributed by atoms with E-state index in [1.165, 1.54) is 16.7 Å². The first-order valence-electron chi connectivity index (χ1n) is 7.71. The molecule has 4 rings (SSSR count). The molecule has 4 heteroatoms. The summed E-state index contributed by atoms with van der Waals surface area (Å²) in [7, 11) is 0. The molecule has 1 aromatic heterocycles. The van der Waals surface area contributed by atoms with Gasteiger partial charge in [-0.2, -0.15) is 5.10 Å². The minimum absolute atomic E-state index is 0.655. The normalized spacial score (nSPS) is 13.0. The molecule has 2 heterocycles. The van der Waals surface area contributed by atoms with Gasteiger partial charge < -0.3 is 4.74 Å². The molecule has 2 aromatic carbocycles. The van der Waals surface area contributed by atoms with Gasteiger partial charge in [0, 0.05) is 28.1 Å². The van der Waals surface area contributed by atoms with Gasteiger partial charge in [-0.15, -0.1) is 0 Å². The highest BCUT2D eigenvalue weighted by molar-refractivity contribution is 6.30. The maximum atomic E-state index is 5.99. The maximum Gasteiger partial charge on any atom is 0.128 e. The summed E-state index contributed by atoms with van der Waals surface area (Å²) in [5.41, 5.74) is 7.89. The van der Waals surface area contributed by atoms with E-state index >= 15 is 0 Å². The summed E-state index contributed by atoms with van der Waals surface area (Å²) in [5, 5.41) is 8.52. The molecule has 0 spiro atoms. The molecule has 1 aliphatic rings. The van der Waals surface area contributed by atoms with Crippen molar-refractivity contribution in [3.05, 3.63) is 58.1 Å². The summed E-state index contributed by atoms with van der Waals surface area (Å²) >= 11 is 5.99. The first-order valence-corrected chi connectivity index (χ1v) is 8.09. The molecular weight excluding hydrogens is 308 g/mol. The van der Waals surface area contributed by atoms with Crippen LogP contribution in [-0.4, -0.2) is 16.8 Å². The molecule has 0 bridgehead atoms. The Morgan fingerprint density at radius 3 is 2.61 bits per heavy atom. The van der Waals surface area contributed by atoms with Crippen LogP contribution >= 0.6 is 11.6 Å². The van der Waals surface area contributed by atoms with Crippen molar-refractivity contribution in [1.82, 2.24) is 10.2 Å². The lowest BCUT2D eigenvalue weighted by Gasteiger charge is -2.10.